The van der Waals surface area contributed by atoms with Gasteiger partial charge in [0.2, 0.25) is 0 Å². The fourth-order valence-corrected chi connectivity index (χ4v) is 2.89. The molecule has 0 unspecified atom stereocenters. The maximum atomic E-state index is 12.9. The summed E-state index contributed by atoms with van der Waals surface area (Å²) in [6.07, 6.45) is -8.47. The van der Waals surface area contributed by atoms with Gasteiger partial charge >= 0.3 is 17.8 Å². The average Bonchev–Trinajstić information content (AvgIpc) is 2.99. The Kier molecular flexibility index (Phi) is 5.82. The molecule has 8 nitrogen and oxygen atoms in total. The van der Waals surface area contributed by atoms with E-state index in [1.807, 2.05) is 0 Å². The van der Waals surface area contributed by atoms with Gasteiger partial charge in [0, 0.05) is 17.6 Å². The number of nitrogens with one attached hydrogen (secondary N) is 1. The lowest BCUT2D eigenvalue weighted by Gasteiger charge is -2.17. The first-order valence-electron chi connectivity index (χ1n) is 8.25. The Hall–Kier alpha value is -2.63. The highest BCUT2D eigenvalue weighted by molar-refractivity contribution is 6.30. The van der Waals surface area contributed by atoms with Crippen molar-refractivity contribution in [3.8, 4) is 0 Å². The van der Waals surface area contributed by atoms with Crippen LogP contribution in [0.2, 0.25) is 5.02 Å². The minimum atomic E-state index is -4.98. The monoisotopic (exact) mass is 434 g/mol. The number of carbonyl (C=O) groups is 1. The minimum absolute atomic E-state index is 0.199. The van der Waals surface area contributed by atoms with Crippen molar-refractivity contribution >= 4 is 17.6 Å². The molecule has 2 aromatic rings. The van der Waals surface area contributed by atoms with Gasteiger partial charge in [-0.25, -0.2) is 9.59 Å². The van der Waals surface area contributed by atoms with Crippen molar-refractivity contribution in [3.63, 3.8) is 0 Å². The predicted molar refractivity (Wildman–Crippen MR) is 92.6 cm³/mol. The fourth-order valence-electron chi connectivity index (χ4n) is 2.76. The molecule has 0 bridgehead atoms. The largest absolute Gasteiger partial charge is 0.459 e. The summed E-state index contributed by atoms with van der Waals surface area (Å²) < 4.78 is 49.7. The molecule has 3 rings (SSSR count). The number of benzene rings is 1. The first-order valence-corrected chi connectivity index (χ1v) is 8.63. The quantitative estimate of drug-likeness (QED) is 0.709. The van der Waals surface area contributed by atoms with Crippen molar-refractivity contribution in [2.24, 2.45) is 0 Å². The molecule has 0 saturated carbocycles. The fraction of sp³-hybridized carbons (Fsp3) is 0.353. The molecule has 12 heteroatoms. The number of alkyl halides is 3. The van der Waals surface area contributed by atoms with E-state index in [-0.39, 0.29) is 12.0 Å². The van der Waals surface area contributed by atoms with Crippen LogP contribution in [-0.4, -0.2) is 39.4 Å². The second-order valence-corrected chi connectivity index (χ2v) is 6.68. The first kappa shape index (κ1) is 21.1. The number of esters is 1. The molecule has 1 aromatic heterocycles. The van der Waals surface area contributed by atoms with E-state index in [9.17, 15) is 32.7 Å². The van der Waals surface area contributed by atoms with Crippen LogP contribution in [0.1, 0.15) is 28.6 Å². The van der Waals surface area contributed by atoms with Gasteiger partial charge in [-0.05, 0) is 24.3 Å². The van der Waals surface area contributed by atoms with Gasteiger partial charge in [0.1, 0.15) is 24.5 Å². The third-order valence-corrected chi connectivity index (χ3v) is 4.50. The van der Waals surface area contributed by atoms with Crippen LogP contribution < -0.4 is 11.2 Å². The molecule has 2 heterocycles. The minimum Gasteiger partial charge on any atom is -0.459 e. The van der Waals surface area contributed by atoms with Gasteiger partial charge in [-0.15, -0.1) is 0 Å². The second kappa shape index (κ2) is 8.01. The summed E-state index contributed by atoms with van der Waals surface area (Å²) >= 11 is 5.73. The summed E-state index contributed by atoms with van der Waals surface area (Å²) in [5.41, 5.74) is -4.08. The van der Waals surface area contributed by atoms with E-state index in [0.29, 0.717) is 15.8 Å². The number of carbonyl (C=O) groups excluding carboxylic acids is 1. The molecule has 156 valence electrons. The maximum absolute atomic E-state index is 12.9. The molecular weight excluding hydrogens is 421 g/mol. The second-order valence-electron chi connectivity index (χ2n) is 6.24. The number of ether oxygens (including phenoxy) is 2. The lowest BCUT2D eigenvalue weighted by Crippen LogP contribution is -2.36. The Bertz CT molecular complexity index is 1020. The normalized spacial score (nSPS) is 21.9. The Morgan fingerprint density at radius 3 is 2.59 bits per heavy atom. The number of rotatable bonds is 4. The molecule has 29 heavy (non-hydrogen) atoms. The average molecular weight is 435 g/mol. The smallest absolute Gasteiger partial charge is 0.423 e. The van der Waals surface area contributed by atoms with Crippen molar-refractivity contribution in [2.75, 3.05) is 6.61 Å². The maximum Gasteiger partial charge on any atom is 0.423 e. The Balaban J connectivity index is 1.71. The number of H-pyrrole nitrogens is 1. The standard InChI is InChI=1S/C17H14ClF3N2O6/c18-9-3-1-8(2-4-9)15(26)28-7-12-11(24)5-13(29-12)23-6-10(17(19,20)21)14(25)22-16(23)27/h1-4,6,11-13,24H,5,7H2,(H,22,25,27)/t11-,12-,13-/m1/s1. The van der Waals surface area contributed by atoms with Crippen molar-refractivity contribution in [3.05, 3.63) is 67.4 Å². The van der Waals surface area contributed by atoms with Crippen LogP contribution in [0.4, 0.5) is 13.2 Å². The van der Waals surface area contributed by atoms with E-state index in [1.165, 1.54) is 24.3 Å². The molecule has 1 saturated heterocycles. The number of nitrogens with zero attached hydrogens (tertiary/aromatic N) is 1. The van der Waals surface area contributed by atoms with E-state index >= 15 is 0 Å². The van der Waals surface area contributed by atoms with Crippen LogP contribution >= 0.6 is 11.6 Å². The van der Waals surface area contributed by atoms with Gasteiger partial charge in [-0.3, -0.25) is 14.3 Å². The summed E-state index contributed by atoms with van der Waals surface area (Å²) in [5, 5.41) is 10.5. The van der Waals surface area contributed by atoms with Crippen molar-refractivity contribution in [1.29, 1.82) is 0 Å². The summed E-state index contributed by atoms with van der Waals surface area (Å²) in [5.74, 6) is -0.721. The third-order valence-electron chi connectivity index (χ3n) is 4.25. The van der Waals surface area contributed by atoms with Crippen LogP contribution in [0.5, 0.6) is 0 Å². The number of aliphatic hydroxyl groups is 1. The van der Waals surface area contributed by atoms with Gasteiger partial charge in [-0.1, -0.05) is 11.6 Å². The highest BCUT2D eigenvalue weighted by Crippen LogP contribution is 2.30. The molecule has 0 radical (unpaired) electrons. The van der Waals surface area contributed by atoms with E-state index in [0.717, 1.165) is 0 Å². The number of hydrogen-bond acceptors (Lipinski definition) is 6. The van der Waals surface area contributed by atoms with Gasteiger partial charge in [0.25, 0.3) is 5.56 Å². The topological polar surface area (TPSA) is 111 Å². The highest BCUT2D eigenvalue weighted by Gasteiger charge is 2.39. The van der Waals surface area contributed by atoms with Gasteiger partial charge < -0.3 is 14.6 Å². The summed E-state index contributed by atoms with van der Waals surface area (Å²) in [6.45, 7) is -0.399. The van der Waals surface area contributed by atoms with Crippen LogP contribution in [0.25, 0.3) is 0 Å². The molecule has 1 aliphatic heterocycles. The van der Waals surface area contributed by atoms with Crippen molar-refractivity contribution in [1.82, 2.24) is 9.55 Å². The molecule has 1 aliphatic rings. The van der Waals surface area contributed by atoms with E-state index in [4.69, 9.17) is 21.1 Å². The lowest BCUT2D eigenvalue weighted by molar-refractivity contribution is -0.139. The van der Waals surface area contributed by atoms with Crippen LogP contribution in [-0.2, 0) is 15.7 Å². The zero-order valence-electron chi connectivity index (χ0n) is 14.5. The van der Waals surface area contributed by atoms with Crippen molar-refractivity contribution < 1.29 is 32.5 Å². The van der Waals surface area contributed by atoms with Crippen LogP contribution in [0.15, 0.2) is 40.1 Å². The van der Waals surface area contributed by atoms with E-state index in [2.05, 4.69) is 0 Å². The molecule has 1 aromatic carbocycles. The molecule has 0 amide bonds. The Morgan fingerprint density at radius 1 is 1.31 bits per heavy atom. The molecular formula is C17H14ClF3N2O6. The van der Waals surface area contributed by atoms with Gasteiger partial charge in [0.05, 0.1) is 11.7 Å². The molecule has 1 fully saturated rings. The zero-order chi connectivity index (χ0) is 21.3. The van der Waals surface area contributed by atoms with E-state index < -0.39 is 54.0 Å². The zero-order valence-corrected chi connectivity index (χ0v) is 15.2. The predicted octanol–water partition coefficient (Wildman–Crippen LogP) is 1.71. The molecule has 0 spiro atoms. The summed E-state index contributed by atoms with van der Waals surface area (Å²) in [6, 6.07) is 5.82. The van der Waals surface area contributed by atoms with E-state index in [1.54, 1.807) is 4.98 Å². The summed E-state index contributed by atoms with van der Waals surface area (Å²) in [4.78, 5) is 36.8. The number of hydrogen-bond donors (Lipinski definition) is 2. The van der Waals surface area contributed by atoms with Gasteiger partial charge in [-0.2, -0.15) is 13.2 Å². The molecule has 0 aliphatic carbocycles. The third kappa shape index (κ3) is 4.69. The first-order chi connectivity index (χ1) is 13.6. The Labute approximate surface area is 165 Å². The number of aromatic amines is 1. The van der Waals surface area contributed by atoms with Crippen LogP contribution in [0, 0.1) is 0 Å². The number of halogens is 4. The number of aromatic nitrogens is 2. The molecule has 3 atom stereocenters. The van der Waals surface area contributed by atoms with Crippen LogP contribution in [0.3, 0.4) is 0 Å². The summed E-state index contributed by atoms with van der Waals surface area (Å²) in [7, 11) is 0. The number of aliphatic hydroxyl groups excluding tert-OH is 1. The van der Waals surface area contributed by atoms with Gasteiger partial charge in [0.15, 0.2) is 0 Å². The lowest BCUT2D eigenvalue weighted by atomic mass is 10.2. The Morgan fingerprint density at radius 2 is 1.97 bits per heavy atom. The molecule has 2 N–H and O–H groups in total. The highest BCUT2D eigenvalue weighted by atomic mass is 35.5. The SMILES string of the molecule is O=C(OC[C@H]1O[C@@H](n2cc(C(F)(F)F)c(=O)[nH]c2=O)C[C@H]1O)c1ccc(Cl)cc1. The van der Waals surface area contributed by atoms with Crippen molar-refractivity contribution in [2.45, 2.75) is 31.0 Å².